The van der Waals surface area contributed by atoms with Crippen LogP contribution in [0, 0.1) is 5.92 Å². The number of carboxylic acid groups (broad SMARTS) is 2. The van der Waals surface area contributed by atoms with Crippen molar-refractivity contribution in [3.8, 4) is 11.5 Å². The second kappa shape index (κ2) is 33.5. The van der Waals surface area contributed by atoms with Crippen molar-refractivity contribution in [2.45, 2.75) is 159 Å². The summed E-state index contributed by atoms with van der Waals surface area (Å²) in [5.74, 6) is -11.1. The van der Waals surface area contributed by atoms with Crippen molar-refractivity contribution in [3.05, 3.63) is 59.7 Å². The van der Waals surface area contributed by atoms with Gasteiger partial charge < -0.3 is 85.7 Å². The van der Waals surface area contributed by atoms with Crippen molar-refractivity contribution in [1.82, 2.24) is 37.2 Å². The quantitative estimate of drug-likeness (QED) is 0.0314. The number of carboxylic acids is 2. The summed E-state index contributed by atoms with van der Waals surface area (Å²) in [6.07, 6.45) is -2.18. The van der Waals surface area contributed by atoms with Crippen LogP contribution in [0.4, 0.5) is 0 Å². The van der Waals surface area contributed by atoms with Gasteiger partial charge in [-0.05, 0) is 113 Å². The molecule has 8 amide bonds. The van der Waals surface area contributed by atoms with E-state index in [0.29, 0.717) is 30.4 Å². The SMILES string of the molecule is CC[C@H](C)[C@H](NC(=O)[C@H](Cc1ccc(O)cc1)NC(=O)[C@H](Cc1ccc(O)cc1)NC(=O)[C@@H](N)[C@@H](C)O)C(=O)N[C@@H](CCCCN)C(=O)N[C@@H](CCC(=O)O)C(=O)N[C@@H](CCC(N)=O)C(=O)N[C@@H](CCCCN)C(=O)O. The van der Waals surface area contributed by atoms with Gasteiger partial charge in [-0.1, -0.05) is 44.5 Å². The molecule has 76 heavy (non-hydrogen) atoms. The molecule has 0 aliphatic rings. The average Bonchev–Trinajstić information content (AvgIpc) is 3.37. The van der Waals surface area contributed by atoms with Gasteiger partial charge in [-0.2, -0.15) is 0 Å². The Morgan fingerprint density at radius 3 is 1.28 bits per heavy atom. The van der Waals surface area contributed by atoms with Crippen LogP contribution < -0.4 is 60.2 Å². The van der Waals surface area contributed by atoms with Crippen LogP contribution >= 0.6 is 0 Å². The highest BCUT2D eigenvalue weighted by atomic mass is 16.4. The smallest absolute Gasteiger partial charge is 0.326 e. The predicted molar refractivity (Wildman–Crippen MR) is 275 cm³/mol. The Morgan fingerprint density at radius 1 is 0.500 bits per heavy atom. The van der Waals surface area contributed by atoms with E-state index in [1.807, 2.05) is 0 Å². The molecule has 0 radical (unpaired) electrons. The van der Waals surface area contributed by atoms with E-state index in [-0.39, 0.29) is 63.1 Å². The summed E-state index contributed by atoms with van der Waals surface area (Å²) in [7, 11) is 0. The number of aliphatic carboxylic acids is 2. The van der Waals surface area contributed by atoms with Gasteiger partial charge in [0.1, 0.15) is 59.8 Å². The van der Waals surface area contributed by atoms with E-state index in [9.17, 15) is 73.5 Å². The van der Waals surface area contributed by atoms with E-state index in [1.54, 1.807) is 13.8 Å². The summed E-state index contributed by atoms with van der Waals surface area (Å²) < 4.78 is 0. The molecule has 0 spiro atoms. The number of phenols is 2. The number of nitrogens with one attached hydrogen (secondary N) is 7. The molecule has 0 saturated carbocycles. The third-order valence-corrected chi connectivity index (χ3v) is 12.4. The molecule has 0 saturated heterocycles. The minimum atomic E-state index is -1.68. The van der Waals surface area contributed by atoms with Crippen molar-refractivity contribution in [2.75, 3.05) is 13.1 Å². The van der Waals surface area contributed by atoms with Gasteiger partial charge in [0, 0.05) is 25.7 Å². The number of unbranched alkanes of at least 4 members (excludes halogenated alkanes) is 2. The molecule has 2 aromatic rings. The van der Waals surface area contributed by atoms with Crippen molar-refractivity contribution in [2.24, 2.45) is 28.9 Å². The number of amides is 8. The summed E-state index contributed by atoms with van der Waals surface area (Å²) >= 11 is 0. The summed E-state index contributed by atoms with van der Waals surface area (Å²) in [4.78, 5) is 133. The van der Waals surface area contributed by atoms with Crippen LogP contribution in [0.1, 0.15) is 103 Å². The molecule has 0 bridgehead atoms. The van der Waals surface area contributed by atoms with Crippen LogP contribution in [0.2, 0.25) is 0 Å². The molecule has 0 fully saturated rings. The summed E-state index contributed by atoms with van der Waals surface area (Å²) in [5.41, 5.74) is 23.4. The Balaban J connectivity index is 2.53. The number of aliphatic hydroxyl groups excluding tert-OH is 1. The Morgan fingerprint density at radius 2 is 0.868 bits per heavy atom. The second-order valence-corrected chi connectivity index (χ2v) is 18.6. The van der Waals surface area contributed by atoms with Crippen molar-refractivity contribution in [3.63, 3.8) is 0 Å². The Bertz CT molecular complexity index is 2250. The first-order chi connectivity index (χ1) is 35.9. The second-order valence-electron chi connectivity index (χ2n) is 18.6. The lowest BCUT2D eigenvalue weighted by Gasteiger charge is -2.30. The van der Waals surface area contributed by atoms with Crippen molar-refractivity contribution < 1.29 is 73.5 Å². The maximum Gasteiger partial charge on any atom is 0.326 e. The van der Waals surface area contributed by atoms with E-state index < -0.39 is 145 Å². The maximum absolute atomic E-state index is 14.5. The monoisotopic (exact) mass is 1070 g/mol. The van der Waals surface area contributed by atoms with E-state index in [4.69, 9.17) is 22.9 Å². The maximum atomic E-state index is 14.5. The zero-order valence-corrected chi connectivity index (χ0v) is 43.1. The number of phenolic OH excluding ortho intramolecular Hbond substituents is 2. The molecule has 0 aromatic heterocycles. The van der Waals surface area contributed by atoms with Gasteiger partial charge in [-0.15, -0.1) is 0 Å². The number of aliphatic hydroxyl groups is 1. The number of primary amides is 1. The lowest BCUT2D eigenvalue weighted by Crippen LogP contribution is -2.61. The van der Waals surface area contributed by atoms with E-state index in [1.165, 1.54) is 55.5 Å². The number of carbonyl (C=O) groups is 10. The Kier molecular flexibility index (Phi) is 28.5. The number of rotatable bonds is 36. The average molecular weight is 1070 g/mol. The first-order valence-corrected chi connectivity index (χ1v) is 25.2. The minimum Gasteiger partial charge on any atom is -0.508 e. The van der Waals surface area contributed by atoms with E-state index >= 15 is 0 Å². The van der Waals surface area contributed by atoms with Gasteiger partial charge in [0.15, 0.2) is 0 Å². The predicted octanol–water partition coefficient (Wildman–Crippen LogP) is -2.50. The lowest BCUT2D eigenvalue weighted by molar-refractivity contribution is -0.142. The van der Waals surface area contributed by atoms with E-state index in [2.05, 4.69) is 37.2 Å². The molecule has 2 aromatic carbocycles. The minimum absolute atomic E-state index is 0.0195. The molecule has 0 unspecified atom stereocenters. The Hall–Kier alpha value is -7.42. The number of nitrogens with two attached hydrogens (primary N) is 4. The van der Waals surface area contributed by atoms with Crippen LogP contribution in [-0.2, 0) is 60.8 Å². The number of carbonyl (C=O) groups excluding carboxylic acids is 8. The molecule has 26 nitrogen and oxygen atoms in total. The molecule has 20 N–H and O–H groups in total. The van der Waals surface area contributed by atoms with Gasteiger partial charge >= 0.3 is 11.9 Å². The zero-order chi connectivity index (χ0) is 57.1. The van der Waals surface area contributed by atoms with Gasteiger partial charge in [-0.25, -0.2) is 4.79 Å². The van der Waals surface area contributed by atoms with Gasteiger partial charge in [0.2, 0.25) is 47.3 Å². The Labute approximate surface area is 440 Å². The summed E-state index contributed by atoms with van der Waals surface area (Å²) in [5, 5.41) is 66.7. The zero-order valence-electron chi connectivity index (χ0n) is 43.1. The topological polar surface area (TPSA) is 460 Å². The molecule has 0 heterocycles. The van der Waals surface area contributed by atoms with Crippen LogP contribution in [0.3, 0.4) is 0 Å². The van der Waals surface area contributed by atoms with Crippen molar-refractivity contribution in [1.29, 1.82) is 0 Å². The molecule has 0 aliphatic carbocycles. The number of aromatic hydroxyl groups is 2. The van der Waals surface area contributed by atoms with Crippen LogP contribution in [0.15, 0.2) is 48.5 Å². The number of hydrogen-bond acceptors (Lipinski definition) is 16. The normalized spacial score (nSPS) is 15.0. The van der Waals surface area contributed by atoms with Gasteiger partial charge in [0.05, 0.1) is 6.10 Å². The molecule has 0 aliphatic heterocycles. The van der Waals surface area contributed by atoms with Crippen molar-refractivity contribution >= 4 is 59.2 Å². The number of benzene rings is 2. The highest BCUT2D eigenvalue weighted by Crippen LogP contribution is 2.16. The fourth-order valence-corrected chi connectivity index (χ4v) is 7.55. The van der Waals surface area contributed by atoms with E-state index in [0.717, 1.165) is 0 Å². The molecule has 422 valence electrons. The van der Waals surface area contributed by atoms with Crippen LogP contribution in [0.25, 0.3) is 0 Å². The first kappa shape index (κ1) is 64.7. The molecular weight excluding hydrogens is 995 g/mol. The molecule has 2 rings (SSSR count). The largest absolute Gasteiger partial charge is 0.508 e. The molecular formula is C50H77N11O15. The fraction of sp³-hybridized carbons (Fsp3) is 0.560. The van der Waals surface area contributed by atoms with Gasteiger partial charge in [0.25, 0.3) is 0 Å². The summed E-state index contributed by atoms with van der Waals surface area (Å²) in [6.45, 7) is 5.08. The summed E-state index contributed by atoms with van der Waals surface area (Å²) in [6, 6.07) is -0.456. The molecule has 26 heteroatoms. The lowest BCUT2D eigenvalue weighted by atomic mass is 9.96. The fourth-order valence-electron chi connectivity index (χ4n) is 7.55. The van der Waals surface area contributed by atoms with Crippen LogP contribution in [0.5, 0.6) is 11.5 Å². The third kappa shape index (κ3) is 23.4. The molecule has 10 atom stereocenters. The highest BCUT2D eigenvalue weighted by Gasteiger charge is 2.36. The van der Waals surface area contributed by atoms with Crippen LogP contribution in [-0.4, -0.2) is 152 Å². The highest BCUT2D eigenvalue weighted by molar-refractivity contribution is 5.98. The first-order valence-electron chi connectivity index (χ1n) is 25.2. The van der Waals surface area contributed by atoms with Gasteiger partial charge in [-0.3, -0.25) is 43.2 Å². The third-order valence-electron chi connectivity index (χ3n) is 12.4. The number of hydrogen-bond donors (Lipinski definition) is 16. The standard InChI is InChI=1S/C50H77N11O15/c1-4-27(2)42(61-47(72)38(26-30-13-17-32(64)18-14-30)59-46(71)37(60-48(73)41(54)28(3)62)25-29-11-15-31(63)16-12-29)49(74)57-33(9-5-7-23-51)43(68)56-35(20-22-40(66)67)44(69)55-34(19-21-39(53)65)45(70)58-36(50(75)76)10-6-8-24-52/h11-18,27-28,33-38,41-42,62-64H,4-10,19-26,51-52,54H2,1-3H3,(H2,53,65)(H,55,69)(H,56,68)(H,57,74)(H,58,70)(H,59,71)(H,60,73)(H,61,72)(H,66,67)(H,75,76)/t27-,28+,33-,34-,35-,36-,37-,38-,41-,42-/m0/s1.